The molecule has 90 valence electrons. The Labute approximate surface area is 111 Å². The van der Waals surface area contributed by atoms with Crippen molar-refractivity contribution in [2.75, 3.05) is 6.26 Å². The highest BCUT2D eigenvalue weighted by atomic mass is 32.2. The van der Waals surface area contributed by atoms with E-state index in [4.69, 9.17) is 5.73 Å². The van der Waals surface area contributed by atoms with Gasteiger partial charge in [0.05, 0.1) is 6.04 Å². The van der Waals surface area contributed by atoms with Gasteiger partial charge >= 0.3 is 0 Å². The molecule has 0 bridgehead atoms. The Morgan fingerprint density at radius 2 is 1.94 bits per heavy atom. The lowest BCUT2D eigenvalue weighted by Crippen LogP contribution is -2.12. The summed E-state index contributed by atoms with van der Waals surface area (Å²) in [6, 6.07) is 10.6. The molecule has 0 saturated heterocycles. The highest BCUT2D eigenvalue weighted by molar-refractivity contribution is 7.98. The zero-order valence-corrected chi connectivity index (χ0v) is 12.0. The van der Waals surface area contributed by atoms with Gasteiger partial charge in [0.1, 0.15) is 0 Å². The number of benzene rings is 1. The molecule has 2 N–H and O–H groups in total. The minimum atomic E-state index is -0.00245. The Bertz CT molecular complexity index is 517. The van der Waals surface area contributed by atoms with Gasteiger partial charge in [0.2, 0.25) is 0 Å². The number of nitrogens with two attached hydrogens (primary N) is 1. The third kappa shape index (κ3) is 2.57. The first-order valence-corrected chi connectivity index (χ1v) is 7.63. The van der Waals surface area contributed by atoms with Crippen molar-refractivity contribution >= 4 is 23.1 Å². The van der Waals surface area contributed by atoms with Gasteiger partial charge in [-0.15, -0.1) is 23.1 Å². The Kier molecular flexibility index (Phi) is 3.92. The van der Waals surface area contributed by atoms with Crippen LogP contribution in [0.4, 0.5) is 0 Å². The lowest BCUT2D eigenvalue weighted by Gasteiger charge is -2.15. The predicted molar refractivity (Wildman–Crippen MR) is 78.0 cm³/mol. The Morgan fingerprint density at radius 3 is 2.53 bits per heavy atom. The number of thiophene rings is 1. The minimum absolute atomic E-state index is 0.00245. The summed E-state index contributed by atoms with van der Waals surface area (Å²) >= 11 is 3.56. The smallest absolute Gasteiger partial charge is 0.0659 e. The SMILES string of the molecule is CSc1ccccc1C(N)c1sc(C)cc1C. The average molecular weight is 263 g/mol. The van der Waals surface area contributed by atoms with Gasteiger partial charge in [0, 0.05) is 14.6 Å². The first-order valence-electron chi connectivity index (χ1n) is 5.59. The van der Waals surface area contributed by atoms with Gasteiger partial charge in [-0.1, -0.05) is 18.2 Å². The number of hydrogen-bond acceptors (Lipinski definition) is 3. The third-order valence-corrected chi connectivity index (χ3v) is 4.88. The van der Waals surface area contributed by atoms with Crippen molar-refractivity contribution in [3.63, 3.8) is 0 Å². The van der Waals surface area contributed by atoms with E-state index < -0.39 is 0 Å². The average Bonchev–Trinajstić information content (AvgIpc) is 2.67. The highest BCUT2D eigenvalue weighted by Crippen LogP contribution is 2.34. The van der Waals surface area contributed by atoms with Gasteiger partial charge in [-0.3, -0.25) is 0 Å². The molecule has 1 atom stereocenters. The molecule has 1 aromatic heterocycles. The molecule has 1 nitrogen and oxygen atoms in total. The molecule has 3 heteroatoms. The monoisotopic (exact) mass is 263 g/mol. The maximum absolute atomic E-state index is 6.40. The fraction of sp³-hybridized carbons (Fsp3) is 0.286. The molecule has 0 saturated carbocycles. The van der Waals surface area contributed by atoms with Gasteiger partial charge < -0.3 is 5.73 Å². The molecular formula is C14H17NS2. The lowest BCUT2D eigenvalue weighted by molar-refractivity contribution is 0.861. The van der Waals surface area contributed by atoms with Crippen LogP contribution in [0.25, 0.3) is 0 Å². The van der Waals surface area contributed by atoms with Crippen molar-refractivity contribution in [1.82, 2.24) is 0 Å². The van der Waals surface area contributed by atoms with Gasteiger partial charge in [0.25, 0.3) is 0 Å². The fourth-order valence-corrected chi connectivity index (χ4v) is 3.73. The summed E-state index contributed by atoms with van der Waals surface area (Å²) in [7, 11) is 0. The maximum Gasteiger partial charge on any atom is 0.0659 e. The van der Waals surface area contributed by atoms with Crippen molar-refractivity contribution in [1.29, 1.82) is 0 Å². The lowest BCUT2D eigenvalue weighted by atomic mass is 10.0. The molecule has 17 heavy (non-hydrogen) atoms. The largest absolute Gasteiger partial charge is 0.320 e. The van der Waals surface area contributed by atoms with Crippen LogP contribution in [0.3, 0.4) is 0 Å². The molecular weight excluding hydrogens is 246 g/mol. The summed E-state index contributed by atoms with van der Waals surface area (Å²) in [6.07, 6.45) is 2.10. The van der Waals surface area contributed by atoms with Crippen LogP contribution in [0.2, 0.25) is 0 Å². The molecule has 1 unspecified atom stereocenters. The highest BCUT2D eigenvalue weighted by Gasteiger charge is 2.16. The summed E-state index contributed by atoms with van der Waals surface area (Å²) in [5.41, 5.74) is 8.93. The first kappa shape index (κ1) is 12.7. The van der Waals surface area contributed by atoms with E-state index in [1.54, 1.807) is 23.1 Å². The summed E-state index contributed by atoms with van der Waals surface area (Å²) in [5, 5.41) is 0. The van der Waals surface area contributed by atoms with E-state index in [0.29, 0.717) is 0 Å². The minimum Gasteiger partial charge on any atom is -0.320 e. The molecule has 0 aliphatic rings. The van der Waals surface area contributed by atoms with Crippen molar-refractivity contribution < 1.29 is 0 Å². The maximum atomic E-state index is 6.40. The van der Waals surface area contributed by atoms with Gasteiger partial charge in [-0.05, 0) is 43.4 Å². The normalized spacial score (nSPS) is 12.7. The van der Waals surface area contributed by atoms with E-state index in [9.17, 15) is 0 Å². The topological polar surface area (TPSA) is 26.0 Å². The molecule has 0 fully saturated rings. The molecule has 0 spiro atoms. The van der Waals surface area contributed by atoms with Crippen molar-refractivity contribution in [3.8, 4) is 0 Å². The van der Waals surface area contributed by atoms with Crippen LogP contribution in [0.15, 0.2) is 35.2 Å². The predicted octanol–water partition coefficient (Wildman–Crippen LogP) is 4.13. The molecule has 1 aromatic carbocycles. The first-order chi connectivity index (χ1) is 8.13. The summed E-state index contributed by atoms with van der Waals surface area (Å²) in [5.74, 6) is 0. The quantitative estimate of drug-likeness (QED) is 0.842. The van der Waals surface area contributed by atoms with Crippen LogP contribution in [0.1, 0.15) is 26.9 Å². The number of rotatable bonds is 3. The van der Waals surface area contributed by atoms with Crippen molar-refractivity contribution in [2.24, 2.45) is 5.73 Å². The Balaban J connectivity index is 2.43. The molecule has 0 amide bonds. The van der Waals surface area contributed by atoms with Gasteiger partial charge in [0.15, 0.2) is 0 Å². The molecule has 2 aromatic rings. The van der Waals surface area contributed by atoms with Gasteiger partial charge in [-0.2, -0.15) is 0 Å². The van der Waals surface area contributed by atoms with E-state index in [2.05, 4.69) is 50.4 Å². The van der Waals surface area contributed by atoms with Crippen LogP contribution < -0.4 is 5.73 Å². The van der Waals surface area contributed by atoms with Crippen molar-refractivity contribution in [3.05, 3.63) is 51.2 Å². The molecule has 0 aliphatic heterocycles. The van der Waals surface area contributed by atoms with Gasteiger partial charge in [-0.25, -0.2) is 0 Å². The second-order valence-electron chi connectivity index (χ2n) is 4.12. The van der Waals surface area contributed by atoms with E-state index in [1.807, 2.05) is 0 Å². The summed E-state index contributed by atoms with van der Waals surface area (Å²) < 4.78 is 0. The number of thioether (sulfide) groups is 1. The standard InChI is InChI=1S/C14H17NS2/c1-9-8-10(2)17-14(9)13(15)11-6-4-5-7-12(11)16-3/h4-8,13H,15H2,1-3H3. The molecule has 0 aliphatic carbocycles. The molecule has 0 radical (unpaired) electrons. The third-order valence-electron chi connectivity index (χ3n) is 2.84. The molecule has 2 rings (SSSR count). The zero-order valence-electron chi connectivity index (χ0n) is 10.4. The van der Waals surface area contributed by atoms with E-state index in [-0.39, 0.29) is 6.04 Å². The summed E-state index contributed by atoms with van der Waals surface area (Å²) in [6.45, 7) is 4.27. The van der Waals surface area contributed by atoms with Crippen LogP contribution in [-0.4, -0.2) is 6.26 Å². The Hall–Kier alpha value is -0.770. The van der Waals surface area contributed by atoms with Crippen LogP contribution in [-0.2, 0) is 0 Å². The van der Waals surface area contributed by atoms with Crippen molar-refractivity contribution in [2.45, 2.75) is 24.8 Å². The number of aryl methyl sites for hydroxylation is 2. The number of hydrogen-bond donors (Lipinski definition) is 1. The van der Waals surface area contributed by atoms with Crippen LogP contribution >= 0.6 is 23.1 Å². The van der Waals surface area contributed by atoms with Crippen LogP contribution in [0.5, 0.6) is 0 Å². The van der Waals surface area contributed by atoms with E-state index in [0.717, 1.165) is 0 Å². The van der Waals surface area contributed by atoms with Crippen LogP contribution in [0, 0.1) is 13.8 Å². The summed E-state index contributed by atoms with van der Waals surface area (Å²) in [4.78, 5) is 3.88. The zero-order chi connectivity index (χ0) is 12.4. The molecule has 1 heterocycles. The second-order valence-corrected chi connectivity index (χ2v) is 6.26. The Morgan fingerprint density at radius 1 is 1.24 bits per heavy atom. The van der Waals surface area contributed by atoms with E-state index >= 15 is 0 Å². The fourth-order valence-electron chi connectivity index (χ4n) is 2.03. The van der Waals surface area contributed by atoms with E-state index in [1.165, 1.54) is 25.8 Å². The second kappa shape index (κ2) is 5.25.